The molecule has 4 nitrogen and oxygen atoms in total. The summed E-state index contributed by atoms with van der Waals surface area (Å²) >= 11 is 0. The molecule has 94 valence electrons. The van der Waals surface area contributed by atoms with Gasteiger partial charge in [0.15, 0.2) is 0 Å². The van der Waals surface area contributed by atoms with Crippen molar-refractivity contribution in [2.45, 2.75) is 6.92 Å². The number of carboxylic acid groups (broad SMARTS) is 1. The Morgan fingerprint density at radius 2 is 1.95 bits per heavy atom. The zero-order valence-electron chi connectivity index (χ0n) is 10.1. The Balaban J connectivity index is 2.59. The Morgan fingerprint density at radius 3 is 2.68 bits per heavy atom. The monoisotopic (exact) mass is 254 g/mol. The van der Waals surface area contributed by atoms with E-state index in [2.05, 4.69) is 0 Å². The van der Waals surface area contributed by atoms with Crippen LogP contribution in [0.3, 0.4) is 0 Å². The van der Waals surface area contributed by atoms with Crippen LogP contribution in [0.25, 0.3) is 21.9 Å². The zero-order chi connectivity index (χ0) is 13.6. The summed E-state index contributed by atoms with van der Waals surface area (Å²) in [5.74, 6) is -1.13. The summed E-state index contributed by atoms with van der Waals surface area (Å²) in [5.41, 5.74) is 1.34. The van der Waals surface area contributed by atoms with Crippen LogP contribution in [0.1, 0.15) is 15.9 Å². The van der Waals surface area contributed by atoms with Crippen molar-refractivity contribution in [3.63, 3.8) is 0 Å². The summed E-state index contributed by atoms with van der Waals surface area (Å²) in [6, 6.07) is 9.84. The highest BCUT2D eigenvalue weighted by atomic mass is 16.4. The van der Waals surface area contributed by atoms with Gasteiger partial charge in [-0.15, -0.1) is 0 Å². The van der Waals surface area contributed by atoms with Gasteiger partial charge in [-0.2, -0.15) is 0 Å². The predicted molar refractivity (Wildman–Crippen MR) is 71.7 cm³/mol. The van der Waals surface area contributed by atoms with Gasteiger partial charge in [0.05, 0.1) is 16.3 Å². The molecule has 3 aromatic rings. The van der Waals surface area contributed by atoms with Crippen molar-refractivity contribution in [1.82, 2.24) is 0 Å². The van der Waals surface area contributed by atoms with Gasteiger partial charge in [-0.05, 0) is 31.2 Å². The Morgan fingerprint density at radius 1 is 1.16 bits per heavy atom. The molecule has 0 aliphatic heterocycles. The third-order valence-corrected chi connectivity index (χ3v) is 3.08. The molecule has 4 heteroatoms. The standard InChI is InChI=1S/C15H10O4/c1-8-5-6-11-10(7-8)14(16)13-9(15(17)18)3-2-4-12(13)19-11/h2-7H,1H3,(H,17,18). The Hall–Kier alpha value is -2.62. The van der Waals surface area contributed by atoms with E-state index in [1.54, 1.807) is 24.3 Å². The molecule has 0 radical (unpaired) electrons. The average Bonchev–Trinajstić information content (AvgIpc) is 2.39. The highest BCUT2D eigenvalue weighted by molar-refractivity contribution is 6.04. The molecule has 1 N–H and O–H groups in total. The van der Waals surface area contributed by atoms with Crippen molar-refractivity contribution in [1.29, 1.82) is 0 Å². The van der Waals surface area contributed by atoms with Crippen LogP contribution < -0.4 is 5.43 Å². The summed E-state index contributed by atoms with van der Waals surface area (Å²) in [7, 11) is 0. The first-order chi connectivity index (χ1) is 9.08. The molecule has 0 saturated carbocycles. The molecular weight excluding hydrogens is 244 g/mol. The smallest absolute Gasteiger partial charge is 0.336 e. The normalized spacial score (nSPS) is 11.0. The largest absolute Gasteiger partial charge is 0.478 e. The van der Waals surface area contributed by atoms with Crippen LogP contribution in [-0.2, 0) is 0 Å². The van der Waals surface area contributed by atoms with Crippen LogP contribution in [0.4, 0.5) is 0 Å². The molecule has 0 amide bonds. The molecule has 1 aromatic heterocycles. The van der Waals surface area contributed by atoms with Crippen LogP contribution in [0.5, 0.6) is 0 Å². The first-order valence-electron chi connectivity index (χ1n) is 5.77. The number of benzene rings is 2. The predicted octanol–water partition coefficient (Wildman–Crippen LogP) is 2.95. The maximum atomic E-state index is 12.4. The summed E-state index contributed by atoms with van der Waals surface area (Å²) in [5, 5.41) is 9.68. The van der Waals surface area contributed by atoms with Gasteiger partial charge in [0.1, 0.15) is 11.2 Å². The fourth-order valence-corrected chi connectivity index (χ4v) is 2.19. The molecule has 19 heavy (non-hydrogen) atoms. The van der Waals surface area contributed by atoms with Crippen molar-refractivity contribution in [3.05, 3.63) is 57.7 Å². The van der Waals surface area contributed by atoms with Gasteiger partial charge in [-0.3, -0.25) is 4.79 Å². The van der Waals surface area contributed by atoms with Gasteiger partial charge >= 0.3 is 5.97 Å². The minimum absolute atomic E-state index is 0.0327. The summed E-state index contributed by atoms with van der Waals surface area (Å²) in [4.78, 5) is 23.6. The first kappa shape index (κ1) is 11.5. The number of carbonyl (C=O) groups is 1. The lowest BCUT2D eigenvalue weighted by Crippen LogP contribution is -2.08. The second-order valence-corrected chi connectivity index (χ2v) is 4.41. The third-order valence-electron chi connectivity index (χ3n) is 3.08. The molecule has 0 fully saturated rings. The van der Waals surface area contributed by atoms with Gasteiger partial charge in [-0.25, -0.2) is 4.79 Å². The lowest BCUT2D eigenvalue weighted by Gasteiger charge is -2.04. The van der Waals surface area contributed by atoms with E-state index in [1.165, 1.54) is 6.07 Å². The number of carboxylic acids is 1. The van der Waals surface area contributed by atoms with Crippen LogP contribution in [0.2, 0.25) is 0 Å². The third kappa shape index (κ3) is 1.69. The number of rotatable bonds is 1. The van der Waals surface area contributed by atoms with Crippen LogP contribution in [0.15, 0.2) is 45.6 Å². The molecule has 0 saturated heterocycles. The summed E-state index contributed by atoms with van der Waals surface area (Å²) in [6.07, 6.45) is 0. The Bertz CT molecular complexity index is 874. The van der Waals surface area contributed by atoms with Crippen molar-refractivity contribution < 1.29 is 14.3 Å². The van der Waals surface area contributed by atoms with Gasteiger partial charge in [-0.1, -0.05) is 17.7 Å². The lowest BCUT2D eigenvalue weighted by atomic mass is 10.1. The van der Waals surface area contributed by atoms with E-state index in [9.17, 15) is 9.59 Å². The molecule has 0 unspecified atom stereocenters. The number of hydrogen-bond acceptors (Lipinski definition) is 3. The molecular formula is C15H10O4. The molecule has 1 heterocycles. The number of fused-ring (bicyclic) bond motifs is 2. The second kappa shape index (κ2) is 3.95. The van der Waals surface area contributed by atoms with Crippen LogP contribution in [0, 0.1) is 6.92 Å². The lowest BCUT2D eigenvalue weighted by molar-refractivity contribution is 0.0699. The SMILES string of the molecule is Cc1ccc2oc3cccc(C(=O)O)c3c(=O)c2c1. The molecule has 0 aliphatic rings. The molecule has 2 aromatic carbocycles. The average molecular weight is 254 g/mol. The topological polar surface area (TPSA) is 67.5 Å². The highest BCUT2D eigenvalue weighted by Gasteiger charge is 2.15. The molecule has 3 rings (SSSR count). The van der Waals surface area contributed by atoms with E-state index in [0.717, 1.165) is 5.56 Å². The number of aryl methyl sites for hydroxylation is 1. The Labute approximate surface area is 107 Å². The van der Waals surface area contributed by atoms with Crippen molar-refractivity contribution in [2.75, 3.05) is 0 Å². The molecule has 0 bridgehead atoms. The fourth-order valence-electron chi connectivity index (χ4n) is 2.19. The molecule has 0 spiro atoms. The maximum absolute atomic E-state index is 12.4. The van der Waals surface area contributed by atoms with E-state index >= 15 is 0 Å². The van der Waals surface area contributed by atoms with Crippen LogP contribution >= 0.6 is 0 Å². The van der Waals surface area contributed by atoms with Crippen molar-refractivity contribution in [2.24, 2.45) is 0 Å². The maximum Gasteiger partial charge on any atom is 0.336 e. The molecule has 0 aliphatic carbocycles. The van der Waals surface area contributed by atoms with E-state index < -0.39 is 5.97 Å². The van der Waals surface area contributed by atoms with Crippen molar-refractivity contribution in [3.8, 4) is 0 Å². The fraction of sp³-hybridized carbons (Fsp3) is 0.0667. The van der Waals surface area contributed by atoms with Gasteiger partial charge in [0.2, 0.25) is 5.43 Å². The van der Waals surface area contributed by atoms with E-state index in [0.29, 0.717) is 16.6 Å². The van der Waals surface area contributed by atoms with E-state index in [-0.39, 0.29) is 16.4 Å². The van der Waals surface area contributed by atoms with Crippen LogP contribution in [-0.4, -0.2) is 11.1 Å². The van der Waals surface area contributed by atoms with E-state index in [1.807, 2.05) is 13.0 Å². The van der Waals surface area contributed by atoms with Crippen molar-refractivity contribution >= 4 is 27.9 Å². The number of aromatic carboxylic acids is 1. The minimum atomic E-state index is -1.13. The van der Waals surface area contributed by atoms with Gasteiger partial charge in [0.25, 0.3) is 0 Å². The Kier molecular flexibility index (Phi) is 2.38. The number of hydrogen-bond donors (Lipinski definition) is 1. The zero-order valence-corrected chi connectivity index (χ0v) is 10.1. The first-order valence-corrected chi connectivity index (χ1v) is 5.77. The quantitative estimate of drug-likeness (QED) is 0.678. The molecule has 0 atom stereocenters. The minimum Gasteiger partial charge on any atom is -0.478 e. The second-order valence-electron chi connectivity index (χ2n) is 4.41. The summed E-state index contributed by atoms with van der Waals surface area (Å²) < 4.78 is 5.61. The van der Waals surface area contributed by atoms with Gasteiger partial charge < -0.3 is 9.52 Å². The summed E-state index contributed by atoms with van der Waals surface area (Å²) in [6.45, 7) is 1.87. The highest BCUT2D eigenvalue weighted by Crippen LogP contribution is 2.22. The van der Waals surface area contributed by atoms with E-state index in [4.69, 9.17) is 9.52 Å². The van der Waals surface area contributed by atoms with Gasteiger partial charge in [0, 0.05) is 0 Å².